The smallest absolute Gasteiger partial charge is 0.343 e. The molecule has 0 N–H and O–H groups in total. The number of hydrogen-bond donors (Lipinski definition) is 0. The fraction of sp³-hybridized carbons (Fsp3) is 0.310. The Hall–Kier alpha value is -3.60. The number of carbonyl (C=O) groups excluding carboxylic acids is 2. The molecular formula is C29H32O5. The van der Waals surface area contributed by atoms with E-state index in [0.29, 0.717) is 16.9 Å². The number of hydrogen-bond acceptors (Lipinski definition) is 5. The topological polar surface area (TPSA) is 61.8 Å². The highest BCUT2D eigenvalue weighted by Crippen LogP contribution is 2.29. The zero-order valence-corrected chi connectivity index (χ0v) is 20.1. The predicted octanol–water partition coefficient (Wildman–Crippen LogP) is 6.82. The lowest BCUT2D eigenvalue weighted by atomic mass is 10.1. The number of benzene rings is 3. The van der Waals surface area contributed by atoms with Gasteiger partial charge < -0.3 is 14.2 Å². The summed E-state index contributed by atoms with van der Waals surface area (Å²) in [5, 5.41) is 0. The lowest BCUT2D eigenvalue weighted by molar-refractivity contribution is 0.0728. The molecule has 3 aromatic carbocycles. The van der Waals surface area contributed by atoms with E-state index in [1.165, 1.54) is 43.2 Å². The zero-order valence-electron chi connectivity index (χ0n) is 20.1. The highest BCUT2D eigenvalue weighted by molar-refractivity contribution is 5.93. The minimum absolute atomic E-state index is 0.236. The summed E-state index contributed by atoms with van der Waals surface area (Å²) in [4.78, 5) is 25.2. The first-order chi connectivity index (χ1) is 16.5. The molecule has 3 rings (SSSR count). The first kappa shape index (κ1) is 25.0. The third kappa shape index (κ3) is 6.95. The Bertz CT molecular complexity index is 1080. The van der Waals surface area contributed by atoms with E-state index in [1.54, 1.807) is 30.3 Å². The Morgan fingerprint density at radius 1 is 0.647 bits per heavy atom. The summed E-state index contributed by atoms with van der Waals surface area (Å²) in [6, 6.07) is 19.5. The molecule has 34 heavy (non-hydrogen) atoms. The molecule has 0 heterocycles. The molecule has 0 bridgehead atoms. The molecule has 178 valence electrons. The standard InChI is InChI=1S/C29H32O5/c1-4-6-7-9-22-10-14-23(15-11-22)28(30)34-26-19-16-24(20-27(26)32-3)29(31)33-25-17-12-21(8-5-2)13-18-25/h10-20H,4-9H2,1-3H3. The zero-order chi connectivity index (χ0) is 24.3. The van der Waals surface area contributed by atoms with Gasteiger partial charge in [-0.1, -0.05) is 57.4 Å². The second-order valence-electron chi connectivity index (χ2n) is 8.19. The van der Waals surface area contributed by atoms with Crippen molar-refractivity contribution in [1.82, 2.24) is 0 Å². The van der Waals surface area contributed by atoms with Crippen molar-refractivity contribution in [2.75, 3.05) is 7.11 Å². The van der Waals surface area contributed by atoms with Crippen molar-refractivity contribution in [1.29, 1.82) is 0 Å². The SMILES string of the molecule is CCCCCc1ccc(C(=O)Oc2ccc(C(=O)Oc3ccc(CCC)cc3)cc2OC)cc1. The van der Waals surface area contributed by atoms with Gasteiger partial charge in [-0.25, -0.2) is 9.59 Å². The van der Waals surface area contributed by atoms with Crippen LogP contribution in [0.15, 0.2) is 66.7 Å². The van der Waals surface area contributed by atoms with Gasteiger partial charge in [-0.05, 0) is 72.9 Å². The summed E-state index contributed by atoms with van der Waals surface area (Å²) in [5.41, 5.74) is 3.15. The van der Waals surface area contributed by atoms with Gasteiger partial charge >= 0.3 is 11.9 Å². The maximum atomic E-state index is 12.6. The van der Waals surface area contributed by atoms with Gasteiger partial charge in [0.1, 0.15) is 5.75 Å². The quantitative estimate of drug-likeness (QED) is 0.178. The molecule has 5 heteroatoms. The molecular weight excluding hydrogens is 428 g/mol. The minimum Gasteiger partial charge on any atom is -0.493 e. The Labute approximate surface area is 201 Å². The molecule has 0 radical (unpaired) electrons. The van der Waals surface area contributed by atoms with Crippen molar-refractivity contribution in [2.45, 2.75) is 52.4 Å². The number of ether oxygens (including phenoxy) is 3. The van der Waals surface area contributed by atoms with E-state index in [4.69, 9.17) is 14.2 Å². The maximum absolute atomic E-state index is 12.6. The second kappa shape index (κ2) is 12.6. The van der Waals surface area contributed by atoms with Crippen LogP contribution in [0.3, 0.4) is 0 Å². The Kier molecular flexibility index (Phi) is 9.27. The normalized spacial score (nSPS) is 10.6. The molecule has 0 spiro atoms. The third-order valence-corrected chi connectivity index (χ3v) is 5.53. The van der Waals surface area contributed by atoms with Crippen molar-refractivity contribution in [3.63, 3.8) is 0 Å². The van der Waals surface area contributed by atoms with Gasteiger partial charge in [-0.3, -0.25) is 0 Å². The van der Waals surface area contributed by atoms with Crippen LogP contribution in [-0.2, 0) is 12.8 Å². The number of methoxy groups -OCH3 is 1. The molecule has 5 nitrogen and oxygen atoms in total. The summed E-state index contributed by atoms with van der Waals surface area (Å²) >= 11 is 0. The van der Waals surface area contributed by atoms with Gasteiger partial charge in [-0.2, -0.15) is 0 Å². The highest BCUT2D eigenvalue weighted by Gasteiger charge is 2.16. The molecule has 3 aromatic rings. The average Bonchev–Trinajstić information content (AvgIpc) is 2.86. The van der Waals surface area contributed by atoms with Crippen LogP contribution < -0.4 is 14.2 Å². The number of rotatable bonds is 11. The van der Waals surface area contributed by atoms with E-state index in [-0.39, 0.29) is 11.5 Å². The van der Waals surface area contributed by atoms with Crippen LogP contribution in [0.4, 0.5) is 0 Å². The number of esters is 2. The number of aryl methyl sites for hydroxylation is 2. The van der Waals surface area contributed by atoms with Gasteiger partial charge in [0.25, 0.3) is 0 Å². The van der Waals surface area contributed by atoms with Crippen molar-refractivity contribution in [3.05, 3.63) is 89.0 Å². The number of carbonyl (C=O) groups is 2. The number of unbranched alkanes of at least 4 members (excludes halogenated alkanes) is 2. The largest absolute Gasteiger partial charge is 0.493 e. The van der Waals surface area contributed by atoms with Crippen LogP contribution in [-0.4, -0.2) is 19.0 Å². The van der Waals surface area contributed by atoms with E-state index < -0.39 is 11.9 Å². The maximum Gasteiger partial charge on any atom is 0.343 e. The van der Waals surface area contributed by atoms with Crippen molar-refractivity contribution in [2.24, 2.45) is 0 Å². The molecule has 0 fully saturated rings. The van der Waals surface area contributed by atoms with Crippen LogP contribution in [0, 0.1) is 0 Å². The molecule has 0 aliphatic rings. The lowest BCUT2D eigenvalue weighted by Crippen LogP contribution is -2.11. The first-order valence-corrected chi connectivity index (χ1v) is 11.8. The van der Waals surface area contributed by atoms with Crippen molar-refractivity contribution < 1.29 is 23.8 Å². The summed E-state index contributed by atoms with van der Waals surface area (Å²) in [6.07, 6.45) is 6.54. The van der Waals surface area contributed by atoms with Gasteiger partial charge in [0, 0.05) is 0 Å². The molecule has 0 aromatic heterocycles. The molecule has 0 unspecified atom stereocenters. The molecule has 0 atom stereocenters. The van der Waals surface area contributed by atoms with Crippen molar-refractivity contribution in [3.8, 4) is 17.2 Å². The summed E-state index contributed by atoms with van der Waals surface area (Å²) in [7, 11) is 1.46. The van der Waals surface area contributed by atoms with E-state index in [2.05, 4.69) is 13.8 Å². The summed E-state index contributed by atoms with van der Waals surface area (Å²) in [5.74, 6) is -0.0197. The average molecular weight is 461 g/mol. The monoisotopic (exact) mass is 460 g/mol. The van der Waals surface area contributed by atoms with Crippen LogP contribution in [0.2, 0.25) is 0 Å². The fourth-order valence-electron chi connectivity index (χ4n) is 3.60. The van der Waals surface area contributed by atoms with E-state index in [0.717, 1.165) is 25.7 Å². The van der Waals surface area contributed by atoms with Crippen LogP contribution >= 0.6 is 0 Å². The molecule has 0 amide bonds. The molecule has 0 aliphatic carbocycles. The van der Waals surface area contributed by atoms with Gasteiger partial charge in [0.15, 0.2) is 11.5 Å². The third-order valence-electron chi connectivity index (χ3n) is 5.53. The van der Waals surface area contributed by atoms with E-state index >= 15 is 0 Å². The first-order valence-electron chi connectivity index (χ1n) is 11.8. The minimum atomic E-state index is -0.516. The molecule has 0 saturated heterocycles. The van der Waals surface area contributed by atoms with Gasteiger partial charge in [0.05, 0.1) is 18.2 Å². The highest BCUT2D eigenvalue weighted by atomic mass is 16.6. The summed E-state index contributed by atoms with van der Waals surface area (Å²) < 4.78 is 16.4. The Balaban J connectivity index is 1.64. The Morgan fingerprint density at radius 3 is 1.91 bits per heavy atom. The van der Waals surface area contributed by atoms with E-state index in [9.17, 15) is 9.59 Å². The predicted molar refractivity (Wildman–Crippen MR) is 133 cm³/mol. The van der Waals surface area contributed by atoms with Crippen molar-refractivity contribution >= 4 is 11.9 Å². The molecule has 0 saturated carbocycles. The van der Waals surface area contributed by atoms with E-state index in [1.807, 2.05) is 24.3 Å². The van der Waals surface area contributed by atoms with Gasteiger partial charge in [0.2, 0.25) is 0 Å². The lowest BCUT2D eigenvalue weighted by Gasteiger charge is -2.11. The Morgan fingerprint density at radius 2 is 1.26 bits per heavy atom. The van der Waals surface area contributed by atoms with Gasteiger partial charge in [-0.15, -0.1) is 0 Å². The van der Waals surface area contributed by atoms with Crippen LogP contribution in [0.1, 0.15) is 71.4 Å². The summed E-state index contributed by atoms with van der Waals surface area (Å²) in [6.45, 7) is 4.29. The fourth-order valence-corrected chi connectivity index (χ4v) is 3.60. The van der Waals surface area contributed by atoms with Crippen LogP contribution in [0.25, 0.3) is 0 Å². The second-order valence-corrected chi connectivity index (χ2v) is 8.19. The van der Waals surface area contributed by atoms with Crippen LogP contribution in [0.5, 0.6) is 17.2 Å². The molecule has 0 aliphatic heterocycles.